The van der Waals surface area contributed by atoms with E-state index in [0.29, 0.717) is 22.7 Å². The Morgan fingerprint density at radius 1 is 1.17 bits per heavy atom. The first kappa shape index (κ1) is 19.0. The smallest absolute Gasteiger partial charge is 0.294 e. The molecule has 2 heterocycles. The maximum absolute atomic E-state index is 13.5. The first-order chi connectivity index (χ1) is 13.9. The Labute approximate surface area is 167 Å². The van der Waals surface area contributed by atoms with Gasteiger partial charge in [-0.1, -0.05) is 26.0 Å². The highest BCUT2D eigenvalue weighted by molar-refractivity contribution is 6.16. The van der Waals surface area contributed by atoms with Gasteiger partial charge in [0, 0.05) is 18.2 Å². The molecule has 0 bridgehead atoms. The van der Waals surface area contributed by atoms with Crippen LogP contribution in [0, 0.1) is 11.7 Å². The summed E-state index contributed by atoms with van der Waals surface area (Å²) in [5, 5.41) is 10.6. The van der Waals surface area contributed by atoms with Crippen LogP contribution < -0.4 is 14.4 Å². The minimum atomic E-state index is -0.866. The molecule has 6 nitrogen and oxygen atoms in total. The van der Waals surface area contributed by atoms with Gasteiger partial charge in [-0.05, 0) is 35.7 Å². The van der Waals surface area contributed by atoms with Gasteiger partial charge < -0.3 is 14.6 Å². The van der Waals surface area contributed by atoms with E-state index in [9.17, 15) is 19.1 Å². The number of ether oxygens (including phenoxy) is 2. The van der Waals surface area contributed by atoms with Gasteiger partial charge in [-0.2, -0.15) is 0 Å². The number of amides is 1. The van der Waals surface area contributed by atoms with Crippen LogP contribution in [0.1, 0.15) is 31.9 Å². The van der Waals surface area contributed by atoms with Crippen LogP contribution in [-0.4, -0.2) is 23.6 Å². The van der Waals surface area contributed by atoms with E-state index in [1.807, 2.05) is 13.8 Å². The molecule has 2 aliphatic rings. The predicted octanol–water partition coefficient (Wildman–Crippen LogP) is 4.07. The third kappa shape index (κ3) is 3.33. The normalized spacial score (nSPS) is 18.1. The number of aliphatic hydroxyl groups is 1. The Kier molecular flexibility index (Phi) is 4.74. The summed E-state index contributed by atoms with van der Waals surface area (Å²) in [7, 11) is 0. The van der Waals surface area contributed by atoms with Gasteiger partial charge in [-0.15, -0.1) is 0 Å². The maximum Gasteiger partial charge on any atom is 0.294 e. The van der Waals surface area contributed by atoms with E-state index < -0.39 is 23.5 Å². The summed E-state index contributed by atoms with van der Waals surface area (Å²) in [6.07, 6.45) is 0.180. The number of Topliss-reactive ketones (excluding diaryl/α,β-unsaturated/α-hetero) is 1. The zero-order valence-electron chi connectivity index (χ0n) is 16.0. The molecule has 4 rings (SSSR count). The topological polar surface area (TPSA) is 76.1 Å². The second-order valence-electron chi connectivity index (χ2n) is 7.45. The van der Waals surface area contributed by atoms with Gasteiger partial charge in [-0.25, -0.2) is 4.39 Å². The molecule has 7 heteroatoms. The number of aliphatic hydroxyl groups excluding tert-OH is 1. The van der Waals surface area contributed by atoms with Crippen molar-refractivity contribution >= 4 is 17.4 Å². The van der Waals surface area contributed by atoms with Crippen molar-refractivity contribution in [2.24, 2.45) is 5.92 Å². The van der Waals surface area contributed by atoms with Crippen LogP contribution >= 0.6 is 0 Å². The van der Waals surface area contributed by atoms with E-state index in [-0.39, 0.29) is 30.5 Å². The Hall–Kier alpha value is -3.35. The molecule has 0 aliphatic carbocycles. The number of fused-ring (bicyclic) bond motifs is 1. The van der Waals surface area contributed by atoms with Crippen LogP contribution in [0.3, 0.4) is 0 Å². The minimum absolute atomic E-state index is 0.0213. The molecule has 0 aromatic heterocycles. The Balaban J connectivity index is 1.82. The number of halogens is 1. The van der Waals surface area contributed by atoms with Crippen molar-refractivity contribution in [3.05, 3.63) is 65.2 Å². The first-order valence-electron chi connectivity index (χ1n) is 9.32. The van der Waals surface area contributed by atoms with Gasteiger partial charge in [0.15, 0.2) is 23.0 Å². The van der Waals surface area contributed by atoms with E-state index >= 15 is 0 Å². The van der Waals surface area contributed by atoms with Gasteiger partial charge in [-0.3, -0.25) is 14.5 Å². The molecule has 29 heavy (non-hydrogen) atoms. The molecule has 0 spiro atoms. The number of carbonyl (C=O) groups excluding carboxylic acids is 2. The van der Waals surface area contributed by atoms with Crippen LogP contribution in [0.4, 0.5) is 10.1 Å². The number of nitrogens with zero attached hydrogens (tertiary/aromatic N) is 1. The van der Waals surface area contributed by atoms with Crippen molar-refractivity contribution in [1.82, 2.24) is 0 Å². The van der Waals surface area contributed by atoms with Crippen LogP contribution in [-0.2, 0) is 9.59 Å². The molecule has 150 valence electrons. The summed E-state index contributed by atoms with van der Waals surface area (Å²) in [6.45, 7) is 3.85. The number of benzene rings is 2. The molecule has 0 saturated heterocycles. The van der Waals surface area contributed by atoms with Crippen molar-refractivity contribution in [3.63, 3.8) is 0 Å². The average molecular weight is 397 g/mol. The highest BCUT2D eigenvalue weighted by Gasteiger charge is 2.44. The third-order valence-corrected chi connectivity index (χ3v) is 4.92. The largest absolute Gasteiger partial charge is 0.503 e. The number of hydrogen-bond acceptors (Lipinski definition) is 5. The molecule has 0 fully saturated rings. The van der Waals surface area contributed by atoms with E-state index in [1.165, 1.54) is 29.2 Å². The monoisotopic (exact) mass is 397 g/mol. The predicted molar refractivity (Wildman–Crippen MR) is 103 cm³/mol. The van der Waals surface area contributed by atoms with Gasteiger partial charge in [0.2, 0.25) is 6.79 Å². The van der Waals surface area contributed by atoms with Gasteiger partial charge >= 0.3 is 0 Å². The fourth-order valence-electron chi connectivity index (χ4n) is 3.63. The SMILES string of the molecule is CC(C)CC(=O)C1=C(O)C(=O)N(c2ccc3c(c2)OCO3)C1c1ccc(F)cc1. The highest BCUT2D eigenvalue weighted by Crippen LogP contribution is 2.44. The summed E-state index contributed by atoms with van der Waals surface area (Å²) >= 11 is 0. The lowest BCUT2D eigenvalue weighted by atomic mass is 9.92. The second-order valence-corrected chi connectivity index (χ2v) is 7.45. The lowest BCUT2D eigenvalue weighted by molar-refractivity contribution is -0.118. The maximum atomic E-state index is 13.5. The van der Waals surface area contributed by atoms with Crippen molar-refractivity contribution in [2.45, 2.75) is 26.3 Å². The van der Waals surface area contributed by atoms with Gasteiger partial charge in [0.25, 0.3) is 5.91 Å². The molecule has 1 N–H and O–H groups in total. The quantitative estimate of drug-likeness (QED) is 0.823. The average Bonchev–Trinajstić information content (AvgIpc) is 3.24. The lowest BCUT2D eigenvalue weighted by Gasteiger charge is -2.27. The Morgan fingerprint density at radius 3 is 2.55 bits per heavy atom. The summed E-state index contributed by atoms with van der Waals surface area (Å²) in [6, 6.07) is 9.62. The number of hydrogen-bond donors (Lipinski definition) is 1. The zero-order chi connectivity index (χ0) is 20.7. The summed E-state index contributed by atoms with van der Waals surface area (Å²) in [4.78, 5) is 27.2. The molecule has 2 aliphatic heterocycles. The number of rotatable bonds is 5. The van der Waals surface area contributed by atoms with E-state index in [0.717, 1.165) is 0 Å². The van der Waals surface area contributed by atoms with Crippen LogP contribution in [0.15, 0.2) is 53.8 Å². The number of anilines is 1. The van der Waals surface area contributed by atoms with Gasteiger partial charge in [0.05, 0.1) is 11.6 Å². The van der Waals surface area contributed by atoms with E-state index in [1.54, 1.807) is 18.2 Å². The Morgan fingerprint density at radius 2 is 1.86 bits per heavy atom. The van der Waals surface area contributed by atoms with Crippen molar-refractivity contribution in [2.75, 3.05) is 11.7 Å². The number of carbonyl (C=O) groups is 2. The first-order valence-corrected chi connectivity index (χ1v) is 9.32. The van der Waals surface area contributed by atoms with Crippen molar-refractivity contribution < 1.29 is 28.6 Å². The summed E-state index contributed by atoms with van der Waals surface area (Å²) < 4.78 is 24.2. The molecule has 2 aromatic rings. The molecule has 1 amide bonds. The molecule has 0 saturated carbocycles. The fraction of sp³-hybridized carbons (Fsp3) is 0.273. The molecule has 1 atom stereocenters. The lowest BCUT2D eigenvalue weighted by Crippen LogP contribution is -2.31. The van der Waals surface area contributed by atoms with Gasteiger partial charge in [0.1, 0.15) is 5.82 Å². The molecular formula is C22H20FNO5. The summed E-state index contributed by atoms with van der Waals surface area (Å²) in [5.74, 6) is -0.958. The zero-order valence-corrected chi connectivity index (χ0v) is 16.0. The van der Waals surface area contributed by atoms with E-state index in [2.05, 4.69) is 0 Å². The molecule has 2 aromatic carbocycles. The second kappa shape index (κ2) is 7.24. The van der Waals surface area contributed by atoms with Crippen LogP contribution in [0.2, 0.25) is 0 Å². The summed E-state index contributed by atoms with van der Waals surface area (Å²) in [5.41, 5.74) is 0.981. The van der Waals surface area contributed by atoms with E-state index in [4.69, 9.17) is 9.47 Å². The molecular weight excluding hydrogens is 377 g/mol. The highest BCUT2D eigenvalue weighted by atomic mass is 19.1. The fourth-order valence-corrected chi connectivity index (χ4v) is 3.63. The van der Waals surface area contributed by atoms with Crippen molar-refractivity contribution in [1.29, 1.82) is 0 Å². The standard InChI is InChI=1S/C22H20FNO5/c1-12(2)9-16(25)19-20(13-3-5-14(23)6-4-13)24(22(27)21(19)26)15-7-8-17-18(10-15)29-11-28-17/h3-8,10,12,20,26H,9,11H2,1-2H3. The van der Waals surface area contributed by atoms with Crippen LogP contribution in [0.5, 0.6) is 11.5 Å². The van der Waals surface area contributed by atoms with Crippen LogP contribution in [0.25, 0.3) is 0 Å². The molecule has 0 radical (unpaired) electrons. The third-order valence-electron chi connectivity index (χ3n) is 4.92. The molecule has 1 unspecified atom stereocenters. The minimum Gasteiger partial charge on any atom is -0.503 e. The Bertz CT molecular complexity index is 1010. The van der Waals surface area contributed by atoms with Crippen molar-refractivity contribution in [3.8, 4) is 11.5 Å². The number of ketones is 1.